The van der Waals surface area contributed by atoms with E-state index in [0.29, 0.717) is 0 Å². The van der Waals surface area contributed by atoms with Crippen molar-refractivity contribution < 1.29 is 0 Å². The Kier molecular flexibility index (Phi) is 2.41. The molecule has 0 atom stereocenters. The summed E-state index contributed by atoms with van der Waals surface area (Å²) in [5.41, 5.74) is 4.88. The fraction of sp³-hybridized carbons (Fsp3) is 0.133. The van der Waals surface area contributed by atoms with Gasteiger partial charge in [0, 0.05) is 24.5 Å². The fourth-order valence-electron chi connectivity index (χ4n) is 2.16. The van der Waals surface area contributed by atoms with E-state index in [2.05, 4.69) is 52.7 Å². The number of rotatable bonds is 2. The van der Waals surface area contributed by atoms with Gasteiger partial charge >= 0.3 is 0 Å². The predicted octanol–water partition coefficient (Wildman–Crippen LogP) is 3.23. The van der Waals surface area contributed by atoms with Crippen LogP contribution in [0, 0.1) is 6.92 Å². The van der Waals surface area contributed by atoms with Crippen LogP contribution in [0.1, 0.15) is 17.0 Å². The molecule has 1 aromatic carbocycles. The molecule has 0 aliphatic rings. The molecule has 17 heavy (non-hydrogen) atoms. The van der Waals surface area contributed by atoms with E-state index >= 15 is 0 Å². The molecule has 0 saturated carbocycles. The summed E-state index contributed by atoms with van der Waals surface area (Å²) < 4.78 is 2.19. The predicted molar refractivity (Wildman–Crippen MR) is 69.2 cm³/mol. The Morgan fingerprint density at radius 2 is 1.88 bits per heavy atom. The molecule has 0 aliphatic carbocycles. The van der Waals surface area contributed by atoms with Crippen LogP contribution < -0.4 is 0 Å². The number of aromatic nitrogens is 2. The molecular formula is C15H14N2. The quantitative estimate of drug-likeness (QED) is 0.650. The highest BCUT2D eigenvalue weighted by Gasteiger charge is 2.05. The van der Waals surface area contributed by atoms with Gasteiger partial charge in [-0.1, -0.05) is 30.3 Å². The van der Waals surface area contributed by atoms with Gasteiger partial charge in [-0.2, -0.15) is 0 Å². The summed E-state index contributed by atoms with van der Waals surface area (Å²) in [6.07, 6.45) is 4.77. The van der Waals surface area contributed by atoms with Gasteiger partial charge in [-0.25, -0.2) is 0 Å². The summed E-state index contributed by atoms with van der Waals surface area (Å²) >= 11 is 0. The van der Waals surface area contributed by atoms with E-state index in [1.807, 2.05) is 18.5 Å². The molecule has 0 aliphatic heterocycles. The van der Waals surface area contributed by atoms with Gasteiger partial charge in [-0.15, -0.1) is 0 Å². The molecule has 2 heterocycles. The smallest absolute Gasteiger partial charge is 0.0687 e. The molecule has 0 N–H and O–H groups in total. The van der Waals surface area contributed by atoms with Gasteiger partial charge in [0.05, 0.1) is 11.2 Å². The van der Waals surface area contributed by atoms with Crippen molar-refractivity contribution in [3.63, 3.8) is 0 Å². The number of hydrogen-bond acceptors (Lipinski definition) is 1. The average Bonchev–Trinajstić information content (AvgIpc) is 2.74. The van der Waals surface area contributed by atoms with Crippen molar-refractivity contribution in [3.8, 4) is 0 Å². The lowest BCUT2D eigenvalue weighted by molar-refractivity contribution is 1.01. The highest BCUT2D eigenvalue weighted by atomic mass is 14.9. The molecule has 2 aromatic heterocycles. The maximum atomic E-state index is 4.49. The molecule has 2 heteroatoms. The third-order valence-electron chi connectivity index (χ3n) is 3.08. The Morgan fingerprint density at radius 3 is 2.71 bits per heavy atom. The van der Waals surface area contributed by atoms with Crippen LogP contribution in [0.15, 0.2) is 54.9 Å². The lowest BCUT2D eigenvalue weighted by atomic mass is 10.1. The van der Waals surface area contributed by atoms with E-state index in [9.17, 15) is 0 Å². The van der Waals surface area contributed by atoms with Crippen LogP contribution in [0.5, 0.6) is 0 Å². The van der Waals surface area contributed by atoms with Crippen LogP contribution >= 0.6 is 0 Å². The largest absolute Gasteiger partial charge is 0.318 e. The Balaban J connectivity index is 2.06. The van der Waals surface area contributed by atoms with Gasteiger partial charge in [-0.05, 0) is 24.6 Å². The Bertz CT molecular complexity index is 638. The highest BCUT2D eigenvalue weighted by Crippen LogP contribution is 2.15. The minimum atomic E-state index is 0.884. The Hall–Kier alpha value is -2.09. The first-order valence-electron chi connectivity index (χ1n) is 5.80. The molecule has 0 amide bonds. The van der Waals surface area contributed by atoms with E-state index in [-0.39, 0.29) is 0 Å². The van der Waals surface area contributed by atoms with Gasteiger partial charge in [0.1, 0.15) is 0 Å². The van der Waals surface area contributed by atoms with Gasteiger partial charge < -0.3 is 4.40 Å². The third-order valence-corrected chi connectivity index (χ3v) is 3.08. The van der Waals surface area contributed by atoms with Gasteiger partial charge in [-0.3, -0.25) is 4.98 Å². The van der Waals surface area contributed by atoms with Crippen molar-refractivity contribution in [2.75, 3.05) is 0 Å². The molecule has 2 nitrogen and oxygen atoms in total. The summed E-state index contributed by atoms with van der Waals surface area (Å²) in [5.74, 6) is 0. The second kappa shape index (κ2) is 4.06. The summed E-state index contributed by atoms with van der Waals surface area (Å²) in [7, 11) is 0. The molecule has 0 spiro atoms. The second-order valence-electron chi connectivity index (χ2n) is 4.27. The SMILES string of the molecule is Cc1ccc2c(Cc3ccccc3)nccn12. The van der Waals surface area contributed by atoms with E-state index in [0.717, 1.165) is 12.1 Å². The van der Waals surface area contributed by atoms with Gasteiger partial charge in [0.15, 0.2) is 0 Å². The van der Waals surface area contributed by atoms with E-state index in [4.69, 9.17) is 0 Å². The maximum Gasteiger partial charge on any atom is 0.0687 e. The molecule has 0 fully saturated rings. The lowest BCUT2D eigenvalue weighted by Crippen LogP contribution is -1.97. The van der Waals surface area contributed by atoms with Gasteiger partial charge in [0.25, 0.3) is 0 Å². The van der Waals surface area contributed by atoms with Crippen LogP contribution in [0.25, 0.3) is 5.52 Å². The van der Waals surface area contributed by atoms with Crippen molar-refractivity contribution in [3.05, 3.63) is 71.8 Å². The summed E-state index contributed by atoms with van der Waals surface area (Å²) in [4.78, 5) is 4.49. The number of nitrogens with zero attached hydrogens (tertiary/aromatic N) is 2. The molecule has 84 valence electrons. The van der Waals surface area contributed by atoms with E-state index < -0.39 is 0 Å². The lowest BCUT2D eigenvalue weighted by Gasteiger charge is -2.04. The normalized spacial score (nSPS) is 10.9. The second-order valence-corrected chi connectivity index (χ2v) is 4.27. The Labute approximate surface area is 101 Å². The number of benzene rings is 1. The molecule has 3 rings (SSSR count). The van der Waals surface area contributed by atoms with Crippen LogP contribution in [-0.2, 0) is 6.42 Å². The first kappa shape index (κ1) is 10.1. The minimum absolute atomic E-state index is 0.884. The summed E-state index contributed by atoms with van der Waals surface area (Å²) in [6, 6.07) is 14.7. The molecule has 0 radical (unpaired) electrons. The van der Waals surface area contributed by atoms with Crippen LogP contribution in [0.2, 0.25) is 0 Å². The van der Waals surface area contributed by atoms with E-state index in [1.54, 1.807) is 0 Å². The van der Waals surface area contributed by atoms with E-state index in [1.165, 1.54) is 16.8 Å². The number of aryl methyl sites for hydroxylation is 1. The highest BCUT2D eigenvalue weighted by molar-refractivity contribution is 5.55. The molecule has 0 unspecified atom stereocenters. The van der Waals surface area contributed by atoms with Crippen LogP contribution in [-0.4, -0.2) is 9.38 Å². The maximum absolute atomic E-state index is 4.49. The fourth-order valence-corrected chi connectivity index (χ4v) is 2.16. The zero-order valence-electron chi connectivity index (χ0n) is 9.80. The molecule has 0 bridgehead atoms. The Morgan fingerprint density at radius 1 is 1.06 bits per heavy atom. The number of fused-ring (bicyclic) bond motifs is 1. The average molecular weight is 222 g/mol. The third kappa shape index (κ3) is 1.82. The summed E-state index contributed by atoms with van der Waals surface area (Å²) in [6.45, 7) is 2.11. The van der Waals surface area contributed by atoms with Crippen LogP contribution in [0.3, 0.4) is 0 Å². The first-order chi connectivity index (χ1) is 8.34. The molecule has 3 aromatic rings. The minimum Gasteiger partial charge on any atom is -0.318 e. The monoisotopic (exact) mass is 222 g/mol. The van der Waals surface area contributed by atoms with Crippen LogP contribution in [0.4, 0.5) is 0 Å². The number of hydrogen-bond donors (Lipinski definition) is 0. The molecular weight excluding hydrogens is 208 g/mol. The molecule has 0 saturated heterocycles. The van der Waals surface area contributed by atoms with Gasteiger partial charge in [0.2, 0.25) is 0 Å². The standard InChI is InChI=1S/C15H14N2/c1-12-7-8-15-14(16-9-10-17(12)15)11-13-5-3-2-4-6-13/h2-10H,11H2,1H3. The van der Waals surface area contributed by atoms with Crippen molar-refractivity contribution in [2.45, 2.75) is 13.3 Å². The van der Waals surface area contributed by atoms with Crippen molar-refractivity contribution in [2.24, 2.45) is 0 Å². The summed E-state index contributed by atoms with van der Waals surface area (Å²) in [5, 5.41) is 0. The first-order valence-corrected chi connectivity index (χ1v) is 5.80. The zero-order valence-corrected chi connectivity index (χ0v) is 9.80. The zero-order chi connectivity index (χ0) is 11.7. The van der Waals surface area contributed by atoms with Crippen molar-refractivity contribution >= 4 is 5.52 Å². The van der Waals surface area contributed by atoms with Crippen molar-refractivity contribution in [1.82, 2.24) is 9.38 Å². The topological polar surface area (TPSA) is 17.3 Å². The van der Waals surface area contributed by atoms with Crippen molar-refractivity contribution in [1.29, 1.82) is 0 Å².